The summed E-state index contributed by atoms with van der Waals surface area (Å²) in [5.74, 6) is -0.0344. The van der Waals surface area contributed by atoms with E-state index in [4.69, 9.17) is 5.73 Å². The number of hydrogen-bond donors (Lipinski definition) is 2. The van der Waals surface area contributed by atoms with Crippen molar-refractivity contribution in [2.24, 2.45) is 0 Å². The van der Waals surface area contributed by atoms with E-state index in [0.29, 0.717) is 5.69 Å². The van der Waals surface area contributed by atoms with Gasteiger partial charge in [-0.2, -0.15) is 0 Å². The van der Waals surface area contributed by atoms with Gasteiger partial charge < -0.3 is 11.1 Å². The average Bonchev–Trinajstić information content (AvgIpc) is 3.02. The number of nitrogen functional groups attached to an aromatic ring is 1. The van der Waals surface area contributed by atoms with Crippen LogP contribution in [0.25, 0.3) is 5.69 Å². The Kier molecular flexibility index (Phi) is 5.99. The van der Waals surface area contributed by atoms with Crippen LogP contribution in [0.4, 0.5) is 5.69 Å². The van der Waals surface area contributed by atoms with Gasteiger partial charge in [0.15, 0.2) is 0 Å². The number of nitrogens with two attached hydrogens (primary N) is 1. The molecule has 0 fully saturated rings. The Morgan fingerprint density at radius 3 is 2.82 bits per heavy atom. The Bertz CT molecular complexity index is 970. The van der Waals surface area contributed by atoms with Crippen molar-refractivity contribution in [3.63, 3.8) is 0 Å². The second-order valence-corrected chi connectivity index (χ2v) is 7.02. The summed E-state index contributed by atoms with van der Waals surface area (Å²) in [4.78, 5) is 12.6. The Morgan fingerprint density at radius 2 is 2.04 bits per heavy atom. The maximum Gasteiger partial charge on any atom is 0.226 e. The van der Waals surface area contributed by atoms with Crippen LogP contribution >= 0.6 is 12.4 Å². The summed E-state index contributed by atoms with van der Waals surface area (Å²) in [6.45, 7) is 1.94. The lowest BCUT2D eigenvalue weighted by molar-refractivity contribution is -0.121. The molecule has 0 bridgehead atoms. The highest BCUT2D eigenvalue weighted by molar-refractivity contribution is 5.85. The van der Waals surface area contributed by atoms with Crippen molar-refractivity contribution in [3.05, 3.63) is 71.0 Å². The van der Waals surface area contributed by atoms with E-state index in [9.17, 15) is 4.79 Å². The summed E-state index contributed by atoms with van der Waals surface area (Å²) >= 11 is 0. The van der Waals surface area contributed by atoms with Crippen molar-refractivity contribution >= 4 is 24.0 Å². The van der Waals surface area contributed by atoms with E-state index in [2.05, 4.69) is 15.6 Å². The largest absolute Gasteiger partial charge is 0.399 e. The number of amides is 1. The van der Waals surface area contributed by atoms with E-state index < -0.39 is 0 Å². The number of aromatic nitrogens is 3. The first-order chi connectivity index (χ1) is 13.1. The number of halogens is 1. The molecule has 0 saturated heterocycles. The zero-order chi connectivity index (χ0) is 18.8. The van der Waals surface area contributed by atoms with Gasteiger partial charge in [0.1, 0.15) is 0 Å². The quantitative estimate of drug-likeness (QED) is 0.661. The number of rotatable bonds is 4. The minimum atomic E-state index is -0.0344. The van der Waals surface area contributed by atoms with E-state index in [1.54, 1.807) is 4.68 Å². The SMILES string of the molecule is Cc1c(CC(=O)NC2CCCc3cc(N)ccc32)nnn1-c1ccccc1.Cl. The molecule has 2 aromatic carbocycles. The van der Waals surface area contributed by atoms with Crippen molar-refractivity contribution < 1.29 is 4.79 Å². The lowest BCUT2D eigenvalue weighted by Gasteiger charge is -2.26. The van der Waals surface area contributed by atoms with Gasteiger partial charge in [-0.15, -0.1) is 17.5 Å². The van der Waals surface area contributed by atoms with Crippen LogP contribution in [0.1, 0.15) is 41.4 Å². The Hall–Kier alpha value is -2.86. The molecule has 0 radical (unpaired) electrons. The fourth-order valence-electron chi connectivity index (χ4n) is 3.72. The highest BCUT2D eigenvalue weighted by Crippen LogP contribution is 2.31. The summed E-state index contributed by atoms with van der Waals surface area (Å²) < 4.78 is 1.77. The minimum absolute atomic E-state index is 0. The van der Waals surface area contributed by atoms with E-state index >= 15 is 0 Å². The molecule has 1 heterocycles. The molecule has 1 aromatic heterocycles. The van der Waals surface area contributed by atoms with Crippen LogP contribution in [0, 0.1) is 6.92 Å². The van der Waals surface area contributed by atoms with Crippen LogP contribution in [-0.2, 0) is 17.6 Å². The first-order valence-corrected chi connectivity index (χ1v) is 9.26. The van der Waals surface area contributed by atoms with Crippen LogP contribution < -0.4 is 11.1 Å². The molecule has 0 saturated carbocycles. The molecule has 1 atom stereocenters. The van der Waals surface area contributed by atoms with E-state index in [0.717, 1.165) is 36.3 Å². The number of nitrogens with zero attached hydrogens (tertiary/aromatic N) is 3. The van der Waals surface area contributed by atoms with E-state index in [1.807, 2.05) is 55.5 Å². The lowest BCUT2D eigenvalue weighted by atomic mass is 9.87. The number of nitrogens with one attached hydrogen (secondary N) is 1. The molecule has 6 nitrogen and oxygen atoms in total. The average molecular weight is 398 g/mol. The molecule has 1 aliphatic carbocycles. The molecule has 3 aromatic rings. The second-order valence-electron chi connectivity index (χ2n) is 7.02. The molecule has 1 amide bonds. The van der Waals surface area contributed by atoms with Crippen molar-refractivity contribution in [2.45, 2.75) is 38.6 Å². The van der Waals surface area contributed by atoms with Gasteiger partial charge in [0.05, 0.1) is 29.5 Å². The summed E-state index contributed by atoms with van der Waals surface area (Å²) in [7, 11) is 0. The van der Waals surface area contributed by atoms with Crippen LogP contribution in [0.5, 0.6) is 0 Å². The molecular formula is C21H24ClN5O. The maximum absolute atomic E-state index is 12.6. The van der Waals surface area contributed by atoms with Crippen molar-refractivity contribution in [2.75, 3.05) is 5.73 Å². The van der Waals surface area contributed by atoms with Gasteiger partial charge in [0.2, 0.25) is 5.91 Å². The number of para-hydroxylation sites is 1. The van der Waals surface area contributed by atoms with Gasteiger partial charge in [0.25, 0.3) is 0 Å². The summed E-state index contributed by atoms with van der Waals surface area (Å²) in [5, 5.41) is 11.6. The number of anilines is 1. The normalized spacial score (nSPS) is 15.4. The van der Waals surface area contributed by atoms with Gasteiger partial charge >= 0.3 is 0 Å². The second kappa shape index (κ2) is 8.44. The molecule has 0 spiro atoms. The molecule has 1 aliphatic rings. The van der Waals surface area contributed by atoms with Crippen LogP contribution in [0.15, 0.2) is 48.5 Å². The fourth-order valence-corrected chi connectivity index (χ4v) is 3.72. The number of carbonyl (C=O) groups excluding carboxylic acids is 1. The third-order valence-corrected chi connectivity index (χ3v) is 5.14. The lowest BCUT2D eigenvalue weighted by Crippen LogP contribution is -2.32. The van der Waals surface area contributed by atoms with E-state index in [-0.39, 0.29) is 30.8 Å². The van der Waals surface area contributed by atoms with Gasteiger partial charge in [-0.3, -0.25) is 4.79 Å². The first kappa shape index (κ1) is 19.9. The summed E-state index contributed by atoms with van der Waals surface area (Å²) in [6, 6.07) is 15.8. The molecule has 0 aliphatic heterocycles. The molecule has 7 heteroatoms. The predicted molar refractivity (Wildman–Crippen MR) is 112 cm³/mol. The topological polar surface area (TPSA) is 85.8 Å². The number of aryl methyl sites for hydroxylation is 1. The van der Waals surface area contributed by atoms with Crippen LogP contribution in [0.3, 0.4) is 0 Å². The van der Waals surface area contributed by atoms with Crippen LogP contribution in [0.2, 0.25) is 0 Å². The third kappa shape index (κ3) is 4.02. The first-order valence-electron chi connectivity index (χ1n) is 9.26. The highest BCUT2D eigenvalue weighted by Gasteiger charge is 2.23. The molecule has 3 N–H and O–H groups in total. The van der Waals surface area contributed by atoms with Gasteiger partial charge in [-0.25, -0.2) is 4.68 Å². The molecule has 1 unspecified atom stereocenters. The molecule has 4 rings (SSSR count). The monoisotopic (exact) mass is 397 g/mol. The molecule has 28 heavy (non-hydrogen) atoms. The maximum atomic E-state index is 12.6. The van der Waals surface area contributed by atoms with Crippen molar-refractivity contribution in [1.29, 1.82) is 0 Å². The minimum Gasteiger partial charge on any atom is -0.399 e. The van der Waals surface area contributed by atoms with Gasteiger partial charge in [-0.1, -0.05) is 29.5 Å². The fraction of sp³-hybridized carbons (Fsp3) is 0.286. The Morgan fingerprint density at radius 1 is 1.25 bits per heavy atom. The zero-order valence-corrected chi connectivity index (χ0v) is 16.6. The predicted octanol–water partition coefficient (Wildman–Crippen LogP) is 3.32. The number of carbonyl (C=O) groups is 1. The summed E-state index contributed by atoms with van der Waals surface area (Å²) in [6.07, 6.45) is 3.22. The highest BCUT2D eigenvalue weighted by atomic mass is 35.5. The molecular weight excluding hydrogens is 374 g/mol. The number of hydrogen-bond acceptors (Lipinski definition) is 4. The number of fused-ring (bicyclic) bond motifs is 1. The number of benzene rings is 2. The smallest absolute Gasteiger partial charge is 0.226 e. The van der Waals surface area contributed by atoms with Crippen molar-refractivity contribution in [3.8, 4) is 5.69 Å². The standard InChI is InChI=1S/C21H23N5O.ClH/c1-14-20(24-25-26(14)17-7-3-2-4-8-17)13-21(27)23-19-9-5-6-15-12-16(22)10-11-18(15)19;/h2-4,7-8,10-12,19H,5-6,9,13,22H2,1H3,(H,23,27);1H. The Labute approximate surface area is 170 Å². The van der Waals surface area contributed by atoms with E-state index in [1.165, 1.54) is 11.1 Å². The van der Waals surface area contributed by atoms with Crippen molar-refractivity contribution in [1.82, 2.24) is 20.3 Å². The van der Waals surface area contributed by atoms with Crippen LogP contribution in [-0.4, -0.2) is 20.9 Å². The van der Waals surface area contributed by atoms with Gasteiger partial charge in [-0.05, 0) is 61.6 Å². The molecule has 146 valence electrons. The van der Waals surface area contributed by atoms with Gasteiger partial charge in [0, 0.05) is 5.69 Å². The zero-order valence-electron chi connectivity index (χ0n) is 15.8. The summed E-state index contributed by atoms with van der Waals surface area (Å²) in [5.41, 5.74) is 11.6. The third-order valence-electron chi connectivity index (χ3n) is 5.14. The Balaban J connectivity index is 0.00000225.